The molecule has 0 aliphatic heterocycles. The van der Waals surface area contributed by atoms with Crippen molar-refractivity contribution in [3.63, 3.8) is 0 Å². The minimum absolute atomic E-state index is 0.166. The van der Waals surface area contributed by atoms with Gasteiger partial charge in [-0.1, -0.05) is 39.0 Å². The van der Waals surface area contributed by atoms with E-state index in [1.807, 2.05) is 7.05 Å². The summed E-state index contributed by atoms with van der Waals surface area (Å²) in [6.45, 7) is 9.53. The average Bonchev–Trinajstić information content (AvgIpc) is 2.24. The molecule has 0 bridgehead atoms. The van der Waals surface area contributed by atoms with Crippen LogP contribution in [0.5, 0.6) is 0 Å². The van der Waals surface area contributed by atoms with Crippen LogP contribution in [0.2, 0.25) is 0 Å². The Morgan fingerprint density at radius 1 is 1.29 bits per heavy atom. The highest BCUT2D eigenvalue weighted by atomic mass is 16.3. The van der Waals surface area contributed by atoms with E-state index in [0.717, 1.165) is 18.5 Å². The summed E-state index contributed by atoms with van der Waals surface area (Å²) in [7, 11) is 1.91. The van der Waals surface area contributed by atoms with Crippen LogP contribution in [0.1, 0.15) is 50.0 Å². The molecule has 96 valence electrons. The Hall–Kier alpha value is -0.860. The summed E-state index contributed by atoms with van der Waals surface area (Å²) in [5, 5.41) is 13.1. The number of hydrogen-bond acceptors (Lipinski definition) is 2. The molecule has 0 aliphatic rings. The molecule has 17 heavy (non-hydrogen) atoms. The highest BCUT2D eigenvalue weighted by molar-refractivity contribution is 5.35. The van der Waals surface area contributed by atoms with Gasteiger partial charge in [0.25, 0.3) is 0 Å². The van der Waals surface area contributed by atoms with Crippen LogP contribution < -0.4 is 5.32 Å². The molecule has 0 spiro atoms. The lowest BCUT2D eigenvalue weighted by atomic mass is 9.84. The summed E-state index contributed by atoms with van der Waals surface area (Å²) in [6.07, 6.45) is 0.392. The van der Waals surface area contributed by atoms with Crippen molar-refractivity contribution in [2.24, 2.45) is 0 Å². The number of hydrogen-bond donors (Lipinski definition) is 2. The van der Waals surface area contributed by atoms with Crippen molar-refractivity contribution < 1.29 is 5.11 Å². The van der Waals surface area contributed by atoms with Crippen LogP contribution in [0.25, 0.3) is 0 Å². The summed E-state index contributed by atoms with van der Waals surface area (Å²) >= 11 is 0. The maximum atomic E-state index is 10.1. The Morgan fingerprint density at radius 3 is 2.41 bits per heavy atom. The standard InChI is InChI=1S/C15H25NO/c1-11-10-12(15(2,3)4)6-7-13(11)14(17)8-9-16-5/h6-7,10,14,16-17H,8-9H2,1-5H3. The topological polar surface area (TPSA) is 32.3 Å². The van der Waals surface area contributed by atoms with E-state index in [0.29, 0.717) is 0 Å². The van der Waals surface area contributed by atoms with Crippen LogP contribution in [0.15, 0.2) is 18.2 Å². The second-order valence-corrected chi connectivity index (χ2v) is 5.73. The van der Waals surface area contributed by atoms with Crippen molar-refractivity contribution in [3.05, 3.63) is 34.9 Å². The van der Waals surface area contributed by atoms with Gasteiger partial charge >= 0.3 is 0 Å². The van der Waals surface area contributed by atoms with Gasteiger partial charge in [0.1, 0.15) is 0 Å². The number of aliphatic hydroxyl groups is 1. The summed E-state index contributed by atoms with van der Waals surface area (Å²) in [4.78, 5) is 0. The summed E-state index contributed by atoms with van der Waals surface area (Å²) < 4.78 is 0. The third kappa shape index (κ3) is 3.83. The third-order valence-corrected chi connectivity index (χ3v) is 3.16. The Bertz CT molecular complexity index is 366. The number of benzene rings is 1. The number of aliphatic hydroxyl groups excluding tert-OH is 1. The Morgan fingerprint density at radius 2 is 1.94 bits per heavy atom. The van der Waals surface area contributed by atoms with Gasteiger partial charge < -0.3 is 10.4 Å². The van der Waals surface area contributed by atoms with Crippen molar-refractivity contribution >= 4 is 0 Å². The number of aryl methyl sites for hydroxylation is 1. The molecular formula is C15H25NO. The summed E-state index contributed by atoms with van der Waals surface area (Å²) in [6, 6.07) is 6.39. The average molecular weight is 235 g/mol. The zero-order chi connectivity index (χ0) is 13.1. The quantitative estimate of drug-likeness (QED) is 0.841. The first-order chi connectivity index (χ1) is 7.86. The molecule has 0 saturated carbocycles. The fourth-order valence-corrected chi connectivity index (χ4v) is 1.95. The van der Waals surface area contributed by atoms with E-state index in [1.165, 1.54) is 11.1 Å². The van der Waals surface area contributed by atoms with Crippen molar-refractivity contribution in [2.45, 2.75) is 45.6 Å². The molecule has 2 N–H and O–H groups in total. The molecule has 1 unspecified atom stereocenters. The van der Waals surface area contributed by atoms with Gasteiger partial charge in [0.2, 0.25) is 0 Å². The molecule has 2 heteroatoms. The van der Waals surface area contributed by atoms with E-state index in [-0.39, 0.29) is 11.5 Å². The molecule has 0 aromatic heterocycles. The molecule has 0 fully saturated rings. The van der Waals surface area contributed by atoms with Crippen molar-refractivity contribution in [1.82, 2.24) is 5.32 Å². The largest absolute Gasteiger partial charge is 0.388 e. The van der Waals surface area contributed by atoms with Crippen LogP contribution in [-0.2, 0) is 5.41 Å². The first-order valence-electron chi connectivity index (χ1n) is 6.30. The lowest BCUT2D eigenvalue weighted by Gasteiger charge is -2.22. The van der Waals surface area contributed by atoms with Gasteiger partial charge in [0, 0.05) is 0 Å². The Balaban J connectivity index is 2.90. The molecule has 1 atom stereocenters. The normalized spacial score (nSPS) is 13.8. The number of nitrogens with one attached hydrogen (secondary N) is 1. The molecule has 0 aliphatic carbocycles. The fraction of sp³-hybridized carbons (Fsp3) is 0.600. The van der Waals surface area contributed by atoms with E-state index in [4.69, 9.17) is 0 Å². The van der Waals surface area contributed by atoms with Gasteiger partial charge in [0.05, 0.1) is 6.10 Å². The molecule has 0 radical (unpaired) electrons. The maximum Gasteiger partial charge on any atom is 0.0804 e. The third-order valence-electron chi connectivity index (χ3n) is 3.16. The zero-order valence-electron chi connectivity index (χ0n) is 11.7. The van der Waals surface area contributed by atoms with Crippen LogP contribution >= 0.6 is 0 Å². The van der Waals surface area contributed by atoms with Gasteiger partial charge in [-0.05, 0) is 49.0 Å². The van der Waals surface area contributed by atoms with Crippen LogP contribution in [-0.4, -0.2) is 18.7 Å². The predicted octanol–water partition coefficient (Wildman–Crippen LogP) is 2.94. The van der Waals surface area contributed by atoms with Crippen molar-refractivity contribution in [3.8, 4) is 0 Å². The van der Waals surface area contributed by atoms with E-state index in [2.05, 4.69) is 51.2 Å². The van der Waals surface area contributed by atoms with Crippen LogP contribution in [0.3, 0.4) is 0 Å². The van der Waals surface area contributed by atoms with E-state index in [1.54, 1.807) is 0 Å². The summed E-state index contributed by atoms with van der Waals surface area (Å²) in [5.74, 6) is 0. The smallest absolute Gasteiger partial charge is 0.0804 e. The molecule has 1 aromatic carbocycles. The maximum absolute atomic E-state index is 10.1. The lowest BCUT2D eigenvalue weighted by Crippen LogP contribution is -2.14. The SMILES string of the molecule is CNCCC(O)c1ccc(C(C)(C)C)cc1C. The van der Waals surface area contributed by atoms with Gasteiger partial charge in [-0.2, -0.15) is 0 Å². The van der Waals surface area contributed by atoms with Gasteiger partial charge in [0.15, 0.2) is 0 Å². The molecule has 1 aromatic rings. The van der Waals surface area contributed by atoms with Crippen molar-refractivity contribution in [2.75, 3.05) is 13.6 Å². The van der Waals surface area contributed by atoms with Gasteiger partial charge in [-0.25, -0.2) is 0 Å². The Labute approximate surface area is 105 Å². The minimum Gasteiger partial charge on any atom is -0.388 e. The zero-order valence-corrected chi connectivity index (χ0v) is 11.7. The molecule has 2 nitrogen and oxygen atoms in total. The molecule has 0 saturated heterocycles. The second-order valence-electron chi connectivity index (χ2n) is 5.73. The molecule has 1 rings (SSSR count). The first kappa shape index (κ1) is 14.2. The second kappa shape index (κ2) is 5.65. The lowest BCUT2D eigenvalue weighted by molar-refractivity contribution is 0.167. The fourth-order valence-electron chi connectivity index (χ4n) is 1.95. The minimum atomic E-state index is -0.364. The molecule has 0 amide bonds. The molecule has 0 heterocycles. The van der Waals surface area contributed by atoms with Crippen molar-refractivity contribution in [1.29, 1.82) is 0 Å². The van der Waals surface area contributed by atoms with E-state index in [9.17, 15) is 5.11 Å². The number of rotatable bonds is 4. The van der Waals surface area contributed by atoms with Crippen LogP contribution in [0.4, 0.5) is 0 Å². The van der Waals surface area contributed by atoms with Gasteiger partial charge in [-0.3, -0.25) is 0 Å². The van der Waals surface area contributed by atoms with E-state index >= 15 is 0 Å². The van der Waals surface area contributed by atoms with Gasteiger partial charge in [-0.15, -0.1) is 0 Å². The summed E-state index contributed by atoms with van der Waals surface area (Å²) in [5.41, 5.74) is 3.72. The Kier molecular flexibility index (Phi) is 4.72. The van der Waals surface area contributed by atoms with E-state index < -0.39 is 0 Å². The monoisotopic (exact) mass is 235 g/mol. The first-order valence-corrected chi connectivity index (χ1v) is 6.30. The van der Waals surface area contributed by atoms with Crippen LogP contribution in [0, 0.1) is 6.92 Å². The highest BCUT2D eigenvalue weighted by Gasteiger charge is 2.16. The highest BCUT2D eigenvalue weighted by Crippen LogP contribution is 2.27. The predicted molar refractivity (Wildman–Crippen MR) is 73.4 cm³/mol. The molecular weight excluding hydrogens is 210 g/mol.